The third-order valence-corrected chi connectivity index (χ3v) is 7.48. The third kappa shape index (κ3) is 3.18. The summed E-state index contributed by atoms with van der Waals surface area (Å²) in [6.07, 6.45) is 2.88. The van der Waals surface area contributed by atoms with Gasteiger partial charge in [0, 0.05) is 12.6 Å². The number of pyridine rings is 1. The minimum Gasteiger partial charge on any atom is -0.331 e. The SMILES string of the molecule is Cc1nc(C)c(-c2cc3c(c(NC(=O)C4CC4C#N)n2)C(=O)N([C@@H](C)C2CC2)C3)s1. The van der Waals surface area contributed by atoms with Gasteiger partial charge < -0.3 is 10.2 Å². The summed E-state index contributed by atoms with van der Waals surface area (Å²) in [6.45, 7) is 6.53. The van der Waals surface area contributed by atoms with Crippen molar-refractivity contribution in [3.8, 4) is 16.6 Å². The van der Waals surface area contributed by atoms with Crippen LogP contribution in [-0.2, 0) is 11.3 Å². The third-order valence-electron chi connectivity index (χ3n) is 6.38. The van der Waals surface area contributed by atoms with Crippen LogP contribution >= 0.6 is 11.3 Å². The number of fused-ring (bicyclic) bond motifs is 1. The van der Waals surface area contributed by atoms with E-state index in [2.05, 4.69) is 23.3 Å². The molecule has 0 radical (unpaired) electrons. The van der Waals surface area contributed by atoms with Crippen molar-refractivity contribution in [3.63, 3.8) is 0 Å². The summed E-state index contributed by atoms with van der Waals surface area (Å²) < 4.78 is 0. The summed E-state index contributed by atoms with van der Waals surface area (Å²) in [6, 6.07) is 4.29. The summed E-state index contributed by atoms with van der Waals surface area (Å²) in [7, 11) is 0. The predicted molar refractivity (Wildman–Crippen MR) is 113 cm³/mol. The van der Waals surface area contributed by atoms with Crippen LogP contribution in [0.5, 0.6) is 0 Å². The zero-order valence-electron chi connectivity index (χ0n) is 17.2. The van der Waals surface area contributed by atoms with Gasteiger partial charge in [-0.05, 0) is 57.6 Å². The molecule has 30 heavy (non-hydrogen) atoms. The number of aryl methyl sites for hydroxylation is 2. The molecule has 0 saturated heterocycles. The number of rotatable bonds is 5. The lowest BCUT2D eigenvalue weighted by Crippen LogP contribution is -2.35. The van der Waals surface area contributed by atoms with Gasteiger partial charge in [-0.3, -0.25) is 9.59 Å². The Kier molecular flexibility index (Phi) is 4.40. The van der Waals surface area contributed by atoms with Gasteiger partial charge in [0.05, 0.1) is 44.7 Å². The van der Waals surface area contributed by atoms with Gasteiger partial charge in [0.15, 0.2) is 0 Å². The van der Waals surface area contributed by atoms with Gasteiger partial charge in [-0.2, -0.15) is 5.26 Å². The second-order valence-electron chi connectivity index (χ2n) is 8.62. The molecule has 2 unspecified atom stereocenters. The van der Waals surface area contributed by atoms with E-state index >= 15 is 0 Å². The summed E-state index contributed by atoms with van der Waals surface area (Å²) in [5.74, 6) is 0.0203. The Bertz CT molecular complexity index is 1110. The van der Waals surface area contributed by atoms with Crippen LogP contribution in [0.15, 0.2) is 6.07 Å². The largest absolute Gasteiger partial charge is 0.331 e. The number of nitrogens with one attached hydrogen (secondary N) is 1. The second kappa shape index (κ2) is 6.88. The zero-order chi connectivity index (χ0) is 21.2. The first kappa shape index (κ1) is 19.2. The number of carbonyl (C=O) groups excluding carboxylic acids is 2. The van der Waals surface area contributed by atoms with Crippen LogP contribution in [0.2, 0.25) is 0 Å². The maximum absolute atomic E-state index is 13.3. The maximum Gasteiger partial charge on any atom is 0.258 e. The predicted octanol–water partition coefficient (Wildman–Crippen LogP) is 3.67. The monoisotopic (exact) mass is 421 g/mol. The molecular weight excluding hydrogens is 398 g/mol. The normalized spacial score (nSPS) is 23.1. The number of anilines is 1. The molecule has 3 atom stereocenters. The van der Waals surface area contributed by atoms with E-state index in [9.17, 15) is 9.59 Å². The van der Waals surface area contributed by atoms with Crippen molar-refractivity contribution in [1.82, 2.24) is 14.9 Å². The van der Waals surface area contributed by atoms with Crippen molar-refractivity contribution in [2.24, 2.45) is 17.8 Å². The highest BCUT2D eigenvalue weighted by molar-refractivity contribution is 7.15. The summed E-state index contributed by atoms with van der Waals surface area (Å²) in [4.78, 5) is 38.0. The van der Waals surface area contributed by atoms with Gasteiger partial charge in [-0.25, -0.2) is 9.97 Å². The van der Waals surface area contributed by atoms with Crippen molar-refractivity contribution in [3.05, 3.63) is 27.9 Å². The molecule has 2 fully saturated rings. The Hall–Kier alpha value is -2.79. The van der Waals surface area contributed by atoms with Gasteiger partial charge in [0.1, 0.15) is 5.82 Å². The van der Waals surface area contributed by atoms with Crippen molar-refractivity contribution in [1.29, 1.82) is 5.26 Å². The number of aromatic nitrogens is 2. The average Bonchev–Trinajstić information content (AvgIpc) is 3.62. The van der Waals surface area contributed by atoms with Crippen LogP contribution in [0, 0.1) is 42.9 Å². The number of nitrogens with zero attached hydrogens (tertiary/aromatic N) is 4. The van der Waals surface area contributed by atoms with Crippen LogP contribution in [0.4, 0.5) is 5.82 Å². The molecule has 0 spiro atoms. The summed E-state index contributed by atoms with van der Waals surface area (Å²) >= 11 is 1.56. The van der Waals surface area contributed by atoms with Crippen molar-refractivity contribution >= 4 is 29.0 Å². The molecule has 0 aromatic carbocycles. The fourth-order valence-electron chi connectivity index (χ4n) is 4.33. The van der Waals surface area contributed by atoms with E-state index in [1.54, 1.807) is 11.3 Å². The number of thiazole rings is 1. The van der Waals surface area contributed by atoms with E-state index in [0.717, 1.165) is 39.7 Å². The van der Waals surface area contributed by atoms with Gasteiger partial charge >= 0.3 is 0 Å². The van der Waals surface area contributed by atoms with Gasteiger partial charge in [-0.15, -0.1) is 11.3 Å². The first-order chi connectivity index (χ1) is 14.4. The van der Waals surface area contributed by atoms with Crippen molar-refractivity contribution < 1.29 is 9.59 Å². The molecule has 2 aromatic heterocycles. The van der Waals surface area contributed by atoms with Gasteiger partial charge in [-0.1, -0.05) is 0 Å². The van der Waals surface area contributed by atoms with E-state index in [-0.39, 0.29) is 29.7 Å². The molecule has 8 heteroatoms. The lowest BCUT2D eigenvalue weighted by molar-refractivity contribution is -0.117. The molecule has 3 heterocycles. The summed E-state index contributed by atoms with van der Waals surface area (Å²) in [5, 5.41) is 12.9. The number of amides is 2. The van der Waals surface area contributed by atoms with Crippen LogP contribution in [0.3, 0.4) is 0 Å². The molecule has 2 aliphatic carbocycles. The molecule has 2 aromatic rings. The zero-order valence-corrected chi connectivity index (χ0v) is 18.0. The Labute approximate surface area is 179 Å². The molecule has 7 nitrogen and oxygen atoms in total. The molecule has 5 rings (SSSR count). The van der Waals surface area contributed by atoms with Gasteiger partial charge in [0.25, 0.3) is 5.91 Å². The Morgan fingerprint density at radius 1 is 1.37 bits per heavy atom. The first-order valence-corrected chi connectivity index (χ1v) is 11.2. The topological polar surface area (TPSA) is 99.0 Å². The molecule has 154 valence electrons. The average molecular weight is 422 g/mol. The molecule has 1 aliphatic heterocycles. The van der Waals surface area contributed by atoms with Gasteiger partial charge in [0.2, 0.25) is 5.91 Å². The van der Waals surface area contributed by atoms with E-state index in [1.165, 1.54) is 0 Å². The second-order valence-corrected chi connectivity index (χ2v) is 9.82. The van der Waals surface area contributed by atoms with Crippen molar-refractivity contribution in [2.45, 2.75) is 52.6 Å². The van der Waals surface area contributed by atoms with E-state index in [4.69, 9.17) is 10.2 Å². The van der Waals surface area contributed by atoms with Crippen LogP contribution in [-0.4, -0.2) is 32.7 Å². The summed E-state index contributed by atoms with van der Waals surface area (Å²) in [5.41, 5.74) is 3.01. The van der Waals surface area contributed by atoms with Crippen molar-refractivity contribution in [2.75, 3.05) is 5.32 Å². The smallest absolute Gasteiger partial charge is 0.258 e. The number of hydrogen-bond donors (Lipinski definition) is 1. The molecule has 2 saturated carbocycles. The Balaban J connectivity index is 1.54. The minimum absolute atomic E-state index is 0.0661. The van der Waals surface area contributed by atoms with E-state index < -0.39 is 0 Å². The fourth-order valence-corrected chi connectivity index (χ4v) is 5.22. The lowest BCUT2D eigenvalue weighted by Gasteiger charge is -2.24. The molecular formula is C22H23N5O2S. The van der Waals surface area contributed by atoms with E-state index in [0.29, 0.717) is 30.3 Å². The van der Waals surface area contributed by atoms with Crippen LogP contribution in [0.1, 0.15) is 52.8 Å². The highest BCUT2D eigenvalue weighted by Crippen LogP contribution is 2.42. The number of carbonyl (C=O) groups is 2. The lowest BCUT2D eigenvalue weighted by atomic mass is 10.1. The number of hydrogen-bond acceptors (Lipinski definition) is 6. The Morgan fingerprint density at radius 2 is 2.13 bits per heavy atom. The maximum atomic E-state index is 13.3. The molecule has 3 aliphatic rings. The van der Waals surface area contributed by atoms with E-state index in [1.807, 2.05) is 24.8 Å². The van der Waals surface area contributed by atoms with Crippen LogP contribution < -0.4 is 5.32 Å². The molecule has 2 amide bonds. The highest BCUT2D eigenvalue weighted by atomic mass is 32.1. The Morgan fingerprint density at radius 3 is 2.73 bits per heavy atom. The minimum atomic E-state index is -0.318. The molecule has 0 bridgehead atoms. The standard InChI is InChI=1S/C22H23N5O2S/c1-10-19(30-12(3)24-10)17-7-15-9-27(11(2)13-4-5-13)22(29)18(15)20(25-17)26-21(28)16-6-14(16)8-23/h7,11,13-14,16H,4-6,9H2,1-3H3,(H,25,26,28)/t11-,14?,16?/m0/s1. The highest BCUT2D eigenvalue weighted by Gasteiger charge is 2.45. The number of nitriles is 1. The first-order valence-electron chi connectivity index (χ1n) is 10.4. The molecule has 1 N–H and O–H groups in total. The fraction of sp³-hybridized carbons (Fsp3) is 0.500. The van der Waals surface area contributed by atoms with Crippen LogP contribution in [0.25, 0.3) is 10.6 Å². The quantitative estimate of drug-likeness (QED) is 0.794.